The van der Waals surface area contributed by atoms with Crippen LogP contribution in [0.1, 0.15) is 11.6 Å². The first-order valence-corrected chi connectivity index (χ1v) is 7.01. The van der Waals surface area contributed by atoms with Crippen LogP contribution >= 0.6 is 0 Å². The number of hydrogen-bond donors (Lipinski definition) is 1. The van der Waals surface area contributed by atoms with Crippen LogP contribution in [0.25, 0.3) is 0 Å². The Hall–Kier alpha value is -2.40. The highest BCUT2D eigenvalue weighted by molar-refractivity contribution is 5.81. The molecule has 0 aliphatic carbocycles. The lowest BCUT2D eigenvalue weighted by molar-refractivity contribution is -0.123. The smallest absolute Gasteiger partial charge is 0.239 e. The van der Waals surface area contributed by atoms with Crippen molar-refractivity contribution in [2.24, 2.45) is 5.73 Å². The lowest BCUT2D eigenvalue weighted by Gasteiger charge is -2.25. The van der Waals surface area contributed by atoms with Gasteiger partial charge >= 0.3 is 0 Å². The Balaban J connectivity index is 1.96. The van der Waals surface area contributed by atoms with E-state index in [0.717, 1.165) is 5.56 Å². The summed E-state index contributed by atoms with van der Waals surface area (Å²) in [7, 11) is 1.78. The van der Waals surface area contributed by atoms with Crippen LogP contribution in [0.15, 0.2) is 54.6 Å². The van der Waals surface area contributed by atoms with Gasteiger partial charge in [-0.15, -0.1) is 0 Å². The number of rotatable bonds is 7. The molecule has 0 aromatic heterocycles. The number of carbonyl (C=O) groups excluding carboxylic acids is 1. The van der Waals surface area contributed by atoms with Crippen LogP contribution in [0.4, 0.5) is 4.39 Å². The van der Waals surface area contributed by atoms with E-state index < -0.39 is 17.8 Å². The van der Waals surface area contributed by atoms with Gasteiger partial charge in [-0.3, -0.25) is 9.69 Å². The van der Waals surface area contributed by atoms with Crippen molar-refractivity contribution < 1.29 is 13.9 Å². The van der Waals surface area contributed by atoms with Crippen molar-refractivity contribution >= 4 is 5.91 Å². The number of halogens is 1. The second-order valence-electron chi connectivity index (χ2n) is 4.98. The molecule has 0 radical (unpaired) electrons. The number of ether oxygens (including phenoxy) is 1. The number of hydrogen-bond acceptors (Lipinski definition) is 3. The third-order valence-corrected chi connectivity index (χ3v) is 3.36. The number of nitrogens with two attached hydrogens (primary N) is 1. The number of nitrogens with zero attached hydrogens (tertiary/aromatic N) is 1. The number of benzene rings is 2. The molecule has 22 heavy (non-hydrogen) atoms. The van der Waals surface area contributed by atoms with Crippen LogP contribution in [0, 0.1) is 5.82 Å². The minimum Gasteiger partial charge on any atom is -0.489 e. The molecule has 0 bridgehead atoms. The molecule has 5 heteroatoms. The average Bonchev–Trinajstić information content (AvgIpc) is 2.50. The largest absolute Gasteiger partial charge is 0.489 e. The fourth-order valence-electron chi connectivity index (χ4n) is 2.26. The monoisotopic (exact) mass is 302 g/mol. The van der Waals surface area contributed by atoms with Crippen molar-refractivity contribution in [1.29, 1.82) is 0 Å². The van der Waals surface area contributed by atoms with Gasteiger partial charge in [0.15, 0.2) is 11.6 Å². The van der Waals surface area contributed by atoms with E-state index in [0.29, 0.717) is 6.54 Å². The summed E-state index contributed by atoms with van der Waals surface area (Å²) in [6, 6.07) is 15.0. The van der Waals surface area contributed by atoms with Gasteiger partial charge in [-0.05, 0) is 24.7 Å². The number of likely N-dealkylation sites (N-methyl/N-ethyl adjacent to an activating group) is 1. The topological polar surface area (TPSA) is 55.6 Å². The minimum atomic E-state index is -0.537. The first-order chi connectivity index (χ1) is 10.6. The van der Waals surface area contributed by atoms with Crippen LogP contribution in [0.2, 0.25) is 0 Å². The van der Waals surface area contributed by atoms with Crippen LogP contribution in [0.5, 0.6) is 5.75 Å². The summed E-state index contributed by atoms with van der Waals surface area (Å²) in [6.45, 7) is 0.699. The molecule has 0 saturated heterocycles. The zero-order valence-corrected chi connectivity index (χ0v) is 12.4. The summed E-state index contributed by atoms with van der Waals surface area (Å²) in [5.41, 5.74) is 6.32. The summed E-state index contributed by atoms with van der Waals surface area (Å²) in [4.78, 5) is 13.5. The molecule has 116 valence electrons. The second-order valence-corrected chi connectivity index (χ2v) is 4.98. The van der Waals surface area contributed by atoms with Crippen molar-refractivity contribution in [3.8, 4) is 5.75 Å². The van der Waals surface area contributed by atoms with Crippen LogP contribution < -0.4 is 10.5 Å². The number of amides is 1. The third-order valence-electron chi connectivity index (χ3n) is 3.36. The molecule has 1 atom stereocenters. The Kier molecular flexibility index (Phi) is 5.49. The van der Waals surface area contributed by atoms with Crippen molar-refractivity contribution in [3.05, 3.63) is 66.0 Å². The van der Waals surface area contributed by atoms with Gasteiger partial charge in [0.05, 0.1) is 0 Å². The number of para-hydroxylation sites is 1. The molecule has 4 nitrogen and oxygen atoms in total. The van der Waals surface area contributed by atoms with Gasteiger partial charge in [-0.2, -0.15) is 0 Å². The predicted octanol–water partition coefficient (Wildman–Crippen LogP) is 2.36. The third kappa shape index (κ3) is 4.05. The fourth-order valence-corrected chi connectivity index (χ4v) is 2.26. The highest BCUT2D eigenvalue weighted by Crippen LogP contribution is 2.19. The maximum Gasteiger partial charge on any atom is 0.239 e. The normalized spacial score (nSPS) is 12.1. The fraction of sp³-hybridized carbons (Fsp3) is 0.235. The first-order valence-electron chi connectivity index (χ1n) is 7.01. The van der Waals surface area contributed by atoms with E-state index in [1.807, 2.05) is 30.3 Å². The van der Waals surface area contributed by atoms with E-state index >= 15 is 0 Å². The Morgan fingerprint density at radius 3 is 2.45 bits per heavy atom. The quantitative estimate of drug-likeness (QED) is 0.854. The molecule has 0 aliphatic rings. The molecular formula is C17H19FN2O2. The summed E-state index contributed by atoms with van der Waals surface area (Å²) in [5, 5.41) is 0. The number of carbonyl (C=O) groups is 1. The highest BCUT2D eigenvalue weighted by Gasteiger charge is 2.22. The highest BCUT2D eigenvalue weighted by atomic mass is 19.1. The molecule has 2 aromatic rings. The minimum absolute atomic E-state index is 0.200. The summed E-state index contributed by atoms with van der Waals surface area (Å²) in [6.07, 6.45) is 0. The van der Waals surface area contributed by atoms with Crippen LogP contribution in [-0.2, 0) is 4.79 Å². The second kappa shape index (κ2) is 7.56. The molecule has 0 unspecified atom stereocenters. The summed E-state index contributed by atoms with van der Waals surface area (Å²) >= 11 is 0. The van der Waals surface area contributed by atoms with Crippen molar-refractivity contribution in [3.63, 3.8) is 0 Å². The molecule has 0 spiro atoms. The maximum absolute atomic E-state index is 13.5. The Labute approximate surface area is 129 Å². The van der Waals surface area contributed by atoms with Crippen molar-refractivity contribution in [2.45, 2.75) is 6.04 Å². The van der Waals surface area contributed by atoms with Gasteiger partial charge in [0.25, 0.3) is 0 Å². The average molecular weight is 302 g/mol. The van der Waals surface area contributed by atoms with Crippen LogP contribution in [0.3, 0.4) is 0 Å². The molecule has 0 saturated carbocycles. The molecule has 2 aromatic carbocycles. The van der Waals surface area contributed by atoms with Crippen molar-refractivity contribution in [2.75, 3.05) is 20.2 Å². The number of primary amides is 1. The zero-order valence-electron chi connectivity index (χ0n) is 12.4. The zero-order chi connectivity index (χ0) is 15.9. The van der Waals surface area contributed by atoms with Gasteiger partial charge in [0.2, 0.25) is 5.91 Å². The molecule has 0 heterocycles. The summed E-state index contributed by atoms with van der Waals surface area (Å²) < 4.78 is 18.9. The molecule has 2 N–H and O–H groups in total. The van der Waals surface area contributed by atoms with E-state index in [1.54, 1.807) is 30.1 Å². The lowest BCUT2D eigenvalue weighted by Crippen LogP contribution is -2.37. The van der Waals surface area contributed by atoms with Crippen LogP contribution in [-0.4, -0.2) is 31.0 Å². The Bertz CT molecular complexity index is 619. The Morgan fingerprint density at radius 1 is 1.18 bits per heavy atom. The first kappa shape index (κ1) is 16.0. The molecule has 0 aliphatic heterocycles. The van der Waals surface area contributed by atoms with E-state index in [9.17, 15) is 9.18 Å². The van der Waals surface area contributed by atoms with E-state index in [4.69, 9.17) is 10.5 Å². The lowest BCUT2D eigenvalue weighted by atomic mass is 10.1. The molecule has 1 amide bonds. The SMILES string of the molecule is CN(CCOc1ccccc1F)[C@H](C(N)=O)c1ccccc1. The molecule has 0 fully saturated rings. The standard InChI is InChI=1S/C17H19FN2O2/c1-20(11-12-22-15-10-6-5-9-14(15)18)16(17(19)21)13-7-3-2-4-8-13/h2-10,16H,11-12H2,1H3,(H2,19,21)/t16-/m0/s1. The van der Waals surface area contributed by atoms with E-state index in [-0.39, 0.29) is 12.4 Å². The summed E-state index contributed by atoms with van der Waals surface area (Å²) in [5.74, 6) is -0.634. The Morgan fingerprint density at radius 2 is 1.82 bits per heavy atom. The van der Waals surface area contributed by atoms with Gasteiger partial charge in [-0.1, -0.05) is 42.5 Å². The van der Waals surface area contributed by atoms with Crippen molar-refractivity contribution in [1.82, 2.24) is 4.90 Å². The van der Waals surface area contributed by atoms with E-state index in [2.05, 4.69) is 0 Å². The molecule has 2 rings (SSSR count). The van der Waals surface area contributed by atoms with Gasteiger partial charge < -0.3 is 10.5 Å². The predicted molar refractivity (Wildman–Crippen MR) is 82.9 cm³/mol. The van der Waals surface area contributed by atoms with Gasteiger partial charge in [0, 0.05) is 6.54 Å². The van der Waals surface area contributed by atoms with E-state index in [1.165, 1.54) is 6.07 Å². The maximum atomic E-state index is 13.5. The van der Waals surface area contributed by atoms with Gasteiger partial charge in [-0.25, -0.2) is 4.39 Å². The van der Waals surface area contributed by atoms with Gasteiger partial charge in [0.1, 0.15) is 12.6 Å². The molecular weight excluding hydrogens is 283 g/mol.